The Morgan fingerprint density at radius 3 is 2.29 bits per heavy atom. The van der Waals surface area contributed by atoms with E-state index in [0.717, 1.165) is 61.9 Å². The highest BCUT2D eigenvalue weighted by molar-refractivity contribution is 6.05. The number of fused-ring (bicyclic) bond motifs is 1. The van der Waals surface area contributed by atoms with E-state index in [4.69, 9.17) is 4.74 Å². The van der Waals surface area contributed by atoms with E-state index >= 15 is 0 Å². The van der Waals surface area contributed by atoms with E-state index in [9.17, 15) is 19.2 Å². The Morgan fingerprint density at radius 2 is 1.67 bits per heavy atom. The third-order valence-electron chi connectivity index (χ3n) is 10.6. The van der Waals surface area contributed by atoms with E-state index in [1.165, 1.54) is 51.6 Å². The van der Waals surface area contributed by atoms with Crippen LogP contribution in [0.2, 0.25) is 0 Å². The van der Waals surface area contributed by atoms with Crippen LogP contribution in [0.4, 0.5) is 0 Å². The summed E-state index contributed by atoms with van der Waals surface area (Å²) in [5, 5.41) is 5.68. The van der Waals surface area contributed by atoms with Crippen molar-refractivity contribution in [3.05, 3.63) is 29.3 Å². The molecule has 3 saturated heterocycles. The number of likely N-dealkylation sites (tertiary alicyclic amines) is 1. The van der Waals surface area contributed by atoms with E-state index in [0.29, 0.717) is 24.4 Å². The Balaban J connectivity index is 0.000000162. The molecule has 9 nitrogen and oxygen atoms in total. The van der Waals surface area contributed by atoms with Gasteiger partial charge < -0.3 is 19.9 Å². The van der Waals surface area contributed by atoms with Gasteiger partial charge in [0.2, 0.25) is 17.7 Å². The van der Waals surface area contributed by atoms with Crippen LogP contribution in [0, 0.1) is 17.3 Å². The number of ether oxygens (including phenoxy) is 1. The number of amides is 4. The minimum absolute atomic E-state index is 0.00482. The lowest BCUT2D eigenvalue weighted by Gasteiger charge is -2.45. The van der Waals surface area contributed by atoms with Crippen LogP contribution in [0.15, 0.2) is 18.2 Å². The van der Waals surface area contributed by atoms with E-state index < -0.39 is 6.04 Å². The van der Waals surface area contributed by atoms with Gasteiger partial charge in [0.15, 0.2) is 0 Å². The van der Waals surface area contributed by atoms with Crippen molar-refractivity contribution in [2.75, 3.05) is 26.2 Å². The summed E-state index contributed by atoms with van der Waals surface area (Å²) < 4.78 is 6.08. The molecule has 42 heavy (non-hydrogen) atoms. The lowest BCUT2D eigenvalue weighted by molar-refractivity contribution is -0.147. The standard InChI is InChI=1S/C19H22N2O4.C14H24N2O/c22-17-9-8-16(18(23)20-17)21-11-12-10-14(6-7-15(12)19(21)24)25-13-4-2-1-3-5-13;1-14(5-2-6-14)13(17)16-7-3-11(4-8-16)12-9-15-10-12/h6-7,10,13,16H,1-5,8-9,11H2,(H,20,22,23);11-12,15H,2-10H2,1H3. The van der Waals surface area contributed by atoms with Crippen molar-refractivity contribution < 1.29 is 23.9 Å². The van der Waals surface area contributed by atoms with Gasteiger partial charge in [-0.25, -0.2) is 0 Å². The number of nitrogens with one attached hydrogen (secondary N) is 2. The molecule has 0 aromatic heterocycles. The summed E-state index contributed by atoms with van der Waals surface area (Å²) in [6, 6.07) is 5.00. The van der Waals surface area contributed by atoms with E-state index in [-0.39, 0.29) is 35.7 Å². The van der Waals surface area contributed by atoms with Gasteiger partial charge in [-0.05, 0) is 106 Å². The fourth-order valence-corrected chi connectivity index (χ4v) is 7.52. The van der Waals surface area contributed by atoms with Crippen molar-refractivity contribution in [3.8, 4) is 5.75 Å². The van der Waals surface area contributed by atoms with Crippen LogP contribution in [0.5, 0.6) is 5.75 Å². The van der Waals surface area contributed by atoms with E-state index in [1.54, 1.807) is 11.0 Å². The van der Waals surface area contributed by atoms with Gasteiger partial charge in [-0.1, -0.05) is 19.8 Å². The number of carbonyl (C=O) groups is 4. The maximum Gasteiger partial charge on any atom is 0.255 e. The second kappa shape index (κ2) is 12.3. The van der Waals surface area contributed by atoms with Gasteiger partial charge in [-0.3, -0.25) is 24.5 Å². The second-order valence-electron chi connectivity index (χ2n) is 13.6. The average Bonchev–Trinajstić information content (AvgIpc) is 3.27. The summed E-state index contributed by atoms with van der Waals surface area (Å²) in [6.45, 7) is 6.97. The number of hydrogen-bond acceptors (Lipinski definition) is 6. The largest absolute Gasteiger partial charge is 0.490 e. The van der Waals surface area contributed by atoms with Crippen LogP contribution < -0.4 is 15.4 Å². The van der Waals surface area contributed by atoms with Gasteiger partial charge in [0.25, 0.3) is 5.91 Å². The fourth-order valence-electron chi connectivity index (χ4n) is 7.52. The van der Waals surface area contributed by atoms with Gasteiger partial charge >= 0.3 is 0 Å². The number of nitrogens with zero attached hydrogens (tertiary/aromatic N) is 2. The molecule has 0 bridgehead atoms. The van der Waals surface area contributed by atoms with Gasteiger partial charge in [0.1, 0.15) is 11.8 Å². The van der Waals surface area contributed by atoms with Gasteiger partial charge in [0, 0.05) is 37.0 Å². The minimum Gasteiger partial charge on any atom is -0.490 e. The topological polar surface area (TPSA) is 108 Å². The minimum atomic E-state index is -0.569. The smallest absolute Gasteiger partial charge is 0.255 e. The average molecular weight is 579 g/mol. The third kappa shape index (κ3) is 6.08. The van der Waals surface area contributed by atoms with Crippen LogP contribution in [0.1, 0.15) is 99.9 Å². The Kier molecular flexibility index (Phi) is 8.57. The molecule has 7 rings (SSSR count). The Morgan fingerprint density at radius 1 is 0.929 bits per heavy atom. The summed E-state index contributed by atoms with van der Waals surface area (Å²) >= 11 is 0. The molecule has 1 atom stereocenters. The van der Waals surface area contributed by atoms with Crippen LogP contribution in [0.3, 0.4) is 0 Å². The van der Waals surface area contributed by atoms with Crippen LogP contribution in [-0.4, -0.2) is 71.8 Å². The maximum atomic E-state index is 12.6. The number of benzene rings is 1. The first-order valence-corrected chi connectivity index (χ1v) is 16.2. The molecule has 1 aromatic rings. The number of rotatable bonds is 5. The van der Waals surface area contributed by atoms with Crippen LogP contribution in [0.25, 0.3) is 0 Å². The number of carbonyl (C=O) groups excluding carboxylic acids is 4. The summed E-state index contributed by atoms with van der Waals surface area (Å²) in [7, 11) is 0. The van der Waals surface area contributed by atoms with Crippen molar-refractivity contribution in [1.82, 2.24) is 20.4 Å². The molecule has 2 N–H and O–H groups in total. The van der Waals surface area contributed by atoms with Crippen molar-refractivity contribution in [2.45, 2.75) is 103 Å². The zero-order chi connectivity index (χ0) is 29.3. The SMILES string of the molecule is CC1(C(=O)N2CCC(C3CNC3)CC2)CCC1.O=C1CCC(N2Cc3cc(OC4CCCCC4)ccc3C2=O)C(=O)N1. The third-order valence-corrected chi connectivity index (χ3v) is 10.6. The van der Waals surface area contributed by atoms with Crippen molar-refractivity contribution >= 4 is 23.6 Å². The van der Waals surface area contributed by atoms with Gasteiger partial charge in [0.05, 0.1) is 6.10 Å². The molecule has 6 aliphatic rings. The van der Waals surface area contributed by atoms with E-state index in [1.807, 2.05) is 12.1 Å². The first kappa shape index (κ1) is 29.1. The maximum absolute atomic E-state index is 12.6. The highest BCUT2D eigenvalue weighted by Gasteiger charge is 2.43. The molecule has 5 fully saturated rings. The fraction of sp³-hybridized carbons (Fsp3) is 0.697. The first-order valence-electron chi connectivity index (χ1n) is 16.2. The monoisotopic (exact) mass is 578 g/mol. The van der Waals surface area contributed by atoms with Gasteiger partial charge in [-0.15, -0.1) is 0 Å². The molecule has 2 saturated carbocycles. The van der Waals surface area contributed by atoms with Gasteiger partial charge in [-0.2, -0.15) is 0 Å². The van der Waals surface area contributed by atoms with Crippen LogP contribution >= 0.6 is 0 Å². The molecule has 9 heteroatoms. The lowest BCUT2D eigenvalue weighted by atomic mass is 9.69. The quantitative estimate of drug-likeness (QED) is 0.515. The lowest BCUT2D eigenvalue weighted by Crippen LogP contribution is -2.52. The number of piperidine rings is 2. The molecule has 1 unspecified atom stereocenters. The summed E-state index contributed by atoms with van der Waals surface area (Å²) in [6.07, 6.45) is 12.7. The molecule has 4 heterocycles. The summed E-state index contributed by atoms with van der Waals surface area (Å²) in [5.41, 5.74) is 1.52. The summed E-state index contributed by atoms with van der Waals surface area (Å²) in [4.78, 5) is 52.1. The van der Waals surface area contributed by atoms with Crippen molar-refractivity contribution in [1.29, 1.82) is 0 Å². The Hall–Kier alpha value is -2.94. The van der Waals surface area contributed by atoms with Crippen molar-refractivity contribution in [3.63, 3.8) is 0 Å². The zero-order valence-electron chi connectivity index (χ0n) is 25.0. The highest BCUT2D eigenvalue weighted by Crippen LogP contribution is 2.43. The molecular formula is C33H46N4O5. The Labute approximate surface area is 249 Å². The molecule has 228 valence electrons. The second-order valence-corrected chi connectivity index (χ2v) is 13.6. The molecular weight excluding hydrogens is 532 g/mol. The first-order chi connectivity index (χ1) is 20.3. The molecule has 4 aliphatic heterocycles. The highest BCUT2D eigenvalue weighted by atomic mass is 16.5. The molecule has 0 radical (unpaired) electrons. The molecule has 1 aromatic carbocycles. The predicted molar refractivity (Wildman–Crippen MR) is 158 cm³/mol. The molecule has 2 aliphatic carbocycles. The normalized spacial score (nSPS) is 26.4. The molecule has 0 spiro atoms. The van der Waals surface area contributed by atoms with Crippen molar-refractivity contribution in [2.24, 2.45) is 17.3 Å². The number of hydrogen-bond donors (Lipinski definition) is 2. The predicted octanol–water partition coefficient (Wildman–Crippen LogP) is 3.79. The zero-order valence-corrected chi connectivity index (χ0v) is 25.0. The summed E-state index contributed by atoms with van der Waals surface area (Å²) in [5.74, 6) is 2.21. The molecule has 4 amide bonds. The van der Waals surface area contributed by atoms with E-state index in [2.05, 4.69) is 22.5 Å². The number of imide groups is 1. The Bertz CT molecular complexity index is 1190. The van der Waals surface area contributed by atoms with Crippen LogP contribution in [-0.2, 0) is 20.9 Å².